The molecule has 3 atom stereocenters. The molecule has 2 heteroatoms. The maximum atomic E-state index is 10.9. The fourth-order valence-corrected chi connectivity index (χ4v) is 3.27. The van der Waals surface area contributed by atoms with Gasteiger partial charge in [0.2, 0.25) is 0 Å². The molecule has 2 nitrogen and oxygen atoms in total. The van der Waals surface area contributed by atoms with Crippen LogP contribution in [-0.2, 0) is 4.79 Å². The maximum Gasteiger partial charge on any atom is 0.306 e. The van der Waals surface area contributed by atoms with Crippen molar-refractivity contribution in [2.24, 2.45) is 17.8 Å². The molecule has 0 aromatic heterocycles. The summed E-state index contributed by atoms with van der Waals surface area (Å²) in [5, 5.41) is 9.00. The first-order valence-corrected chi connectivity index (χ1v) is 6.00. The van der Waals surface area contributed by atoms with Gasteiger partial charge in [-0.1, -0.05) is 32.1 Å². The van der Waals surface area contributed by atoms with Crippen molar-refractivity contribution in [2.45, 2.75) is 51.4 Å². The fourth-order valence-electron chi connectivity index (χ4n) is 3.27. The van der Waals surface area contributed by atoms with Gasteiger partial charge in [0.05, 0.1) is 5.92 Å². The van der Waals surface area contributed by atoms with Crippen LogP contribution in [0, 0.1) is 17.8 Å². The third-order valence-corrected chi connectivity index (χ3v) is 4.14. The van der Waals surface area contributed by atoms with Crippen molar-refractivity contribution in [2.75, 3.05) is 0 Å². The van der Waals surface area contributed by atoms with Crippen LogP contribution < -0.4 is 0 Å². The molecule has 80 valence electrons. The number of hydrogen-bond acceptors (Lipinski definition) is 1. The van der Waals surface area contributed by atoms with Gasteiger partial charge in [0.15, 0.2) is 0 Å². The lowest BCUT2D eigenvalue weighted by Gasteiger charge is -2.33. The van der Waals surface area contributed by atoms with E-state index in [0.29, 0.717) is 0 Å². The van der Waals surface area contributed by atoms with Gasteiger partial charge in [-0.3, -0.25) is 4.79 Å². The molecule has 14 heavy (non-hydrogen) atoms. The Bertz CT molecular complexity index is 212. The second-order valence-electron chi connectivity index (χ2n) is 5.01. The van der Waals surface area contributed by atoms with Crippen molar-refractivity contribution < 1.29 is 9.90 Å². The Kier molecular flexibility index (Phi) is 3.09. The predicted molar refractivity (Wildman–Crippen MR) is 55.0 cm³/mol. The van der Waals surface area contributed by atoms with Crippen LogP contribution in [0.15, 0.2) is 0 Å². The Labute approximate surface area is 85.7 Å². The maximum absolute atomic E-state index is 10.9. The van der Waals surface area contributed by atoms with E-state index in [1.807, 2.05) is 0 Å². The van der Waals surface area contributed by atoms with E-state index in [1.165, 1.54) is 38.5 Å². The Balaban J connectivity index is 1.96. The SMILES string of the molecule is O=C(O)[C@@H]1CC[C@H]2CCCCC[C@@H]2C1. The first kappa shape index (κ1) is 10.0. The monoisotopic (exact) mass is 196 g/mol. The summed E-state index contributed by atoms with van der Waals surface area (Å²) < 4.78 is 0. The second kappa shape index (κ2) is 4.33. The van der Waals surface area contributed by atoms with Gasteiger partial charge in [0.25, 0.3) is 0 Å². The van der Waals surface area contributed by atoms with Gasteiger partial charge >= 0.3 is 5.97 Å². The lowest BCUT2D eigenvalue weighted by Crippen LogP contribution is -2.28. The highest BCUT2D eigenvalue weighted by atomic mass is 16.4. The second-order valence-corrected chi connectivity index (χ2v) is 5.01. The highest BCUT2D eigenvalue weighted by Crippen LogP contribution is 2.41. The van der Waals surface area contributed by atoms with Crippen molar-refractivity contribution in [3.8, 4) is 0 Å². The smallest absolute Gasteiger partial charge is 0.306 e. The molecular formula is C12H20O2. The Morgan fingerprint density at radius 1 is 0.929 bits per heavy atom. The third kappa shape index (κ3) is 2.10. The van der Waals surface area contributed by atoms with Crippen LogP contribution in [0.3, 0.4) is 0 Å². The average Bonchev–Trinajstić information content (AvgIpc) is 2.41. The van der Waals surface area contributed by atoms with Gasteiger partial charge < -0.3 is 5.11 Å². The molecule has 2 saturated carbocycles. The van der Waals surface area contributed by atoms with Crippen LogP contribution in [0.5, 0.6) is 0 Å². The van der Waals surface area contributed by atoms with Gasteiger partial charge in [-0.05, 0) is 31.1 Å². The summed E-state index contributed by atoms with van der Waals surface area (Å²) in [7, 11) is 0. The van der Waals surface area contributed by atoms with Crippen LogP contribution in [0.25, 0.3) is 0 Å². The molecule has 0 aromatic carbocycles. The van der Waals surface area contributed by atoms with Crippen molar-refractivity contribution in [3.05, 3.63) is 0 Å². The summed E-state index contributed by atoms with van der Waals surface area (Å²) in [4.78, 5) is 10.9. The van der Waals surface area contributed by atoms with Gasteiger partial charge in [-0.15, -0.1) is 0 Å². The molecule has 0 saturated heterocycles. The lowest BCUT2D eigenvalue weighted by molar-refractivity contribution is -0.143. The molecule has 2 fully saturated rings. The quantitative estimate of drug-likeness (QED) is 0.699. The minimum atomic E-state index is -0.562. The van der Waals surface area contributed by atoms with Crippen LogP contribution in [0.2, 0.25) is 0 Å². The number of hydrogen-bond donors (Lipinski definition) is 1. The van der Waals surface area contributed by atoms with Crippen LogP contribution in [-0.4, -0.2) is 11.1 Å². The molecule has 0 amide bonds. The average molecular weight is 196 g/mol. The number of aliphatic carboxylic acids is 1. The molecule has 0 bridgehead atoms. The molecule has 2 aliphatic rings. The molecule has 0 unspecified atom stereocenters. The Morgan fingerprint density at radius 2 is 1.64 bits per heavy atom. The van der Waals surface area contributed by atoms with E-state index < -0.39 is 5.97 Å². The summed E-state index contributed by atoms with van der Waals surface area (Å²) in [6.45, 7) is 0. The largest absolute Gasteiger partial charge is 0.481 e. The summed E-state index contributed by atoms with van der Waals surface area (Å²) in [5.41, 5.74) is 0. The molecule has 2 aliphatic carbocycles. The first-order chi connectivity index (χ1) is 6.77. The Hall–Kier alpha value is -0.530. The molecule has 0 aromatic rings. The number of carboxylic acids is 1. The third-order valence-electron chi connectivity index (χ3n) is 4.14. The van der Waals surface area contributed by atoms with E-state index in [-0.39, 0.29) is 5.92 Å². The topological polar surface area (TPSA) is 37.3 Å². The molecule has 0 heterocycles. The van der Waals surface area contributed by atoms with Crippen molar-refractivity contribution >= 4 is 5.97 Å². The van der Waals surface area contributed by atoms with E-state index >= 15 is 0 Å². The van der Waals surface area contributed by atoms with Gasteiger partial charge in [0, 0.05) is 0 Å². The van der Waals surface area contributed by atoms with Crippen LogP contribution >= 0.6 is 0 Å². The number of carbonyl (C=O) groups is 1. The number of fused-ring (bicyclic) bond motifs is 1. The van der Waals surface area contributed by atoms with Gasteiger partial charge in [-0.2, -0.15) is 0 Å². The normalized spacial score (nSPS) is 38.4. The molecule has 0 aliphatic heterocycles. The summed E-state index contributed by atoms with van der Waals surface area (Å²) in [6, 6.07) is 0. The summed E-state index contributed by atoms with van der Waals surface area (Å²) in [6.07, 6.45) is 9.76. The molecule has 1 N–H and O–H groups in total. The number of rotatable bonds is 1. The fraction of sp³-hybridized carbons (Fsp3) is 0.917. The number of carboxylic acid groups (broad SMARTS) is 1. The predicted octanol–water partition coefficient (Wildman–Crippen LogP) is 3.07. The Morgan fingerprint density at radius 3 is 2.36 bits per heavy atom. The standard InChI is InChI=1S/C12H20O2/c13-12(14)11-7-6-9-4-2-1-3-5-10(9)8-11/h9-11H,1-8H2,(H,13,14)/t9-,10-,11-/m1/s1. The summed E-state index contributed by atoms with van der Waals surface area (Å²) in [5.74, 6) is 0.988. The zero-order chi connectivity index (χ0) is 9.97. The van der Waals surface area contributed by atoms with E-state index in [2.05, 4.69) is 0 Å². The zero-order valence-corrected chi connectivity index (χ0v) is 8.74. The molecular weight excluding hydrogens is 176 g/mol. The zero-order valence-electron chi connectivity index (χ0n) is 8.74. The minimum Gasteiger partial charge on any atom is -0.481 e. The lowest BCUT2D eigenvalue weighted by atomic mass is 9.72. The van der Waals surface area contributed by atoms with Crippen molar-refractivity contribution in [3.63, 3.8) is 0 Å². The van der Waals surface area contributed by atoms with Crippen LogP contribution in [0.4, 0.5) is 0 Å². The highest BCUT2D eigenvalue weighted by molar-refractivity contribution is 5.70. The molecule has 2 rings (SSSR count). The molecule has 0 radical (unpaired) electrons. The highest BCUT2D eigenvalue weighted by Gasteiger charge is 2.33. The van der Waals surface area contributed by atoms with Gasteiger partial charge in [-0.25, -0.2) is 0 Å². The first-order valence-electron chi connectivity index (χ1n) is 6.00. The molecule has 0 spiro atoms. The van der Waals surface area contributed by atoms with Crippen molar-refractivity contribution in [1.82, 2.24) is 0 Å². The van der Waals surface area contributed by atoms with Crippen molar-refractivity contribution in [1.29, 1.82) is 0 Å². The van der Waals surface area contributed by atoms with Crippen LogP contribution in [0.1, 0.15) is 51.4 Å². The minimum absolute atomic E-state index is 0.0330. The summed E-state index contributed by atoms with van der Waals surface area (Å²) >= 11 is 0. The van der Waals surface area contributed by atoms with E-state index in [0.717, 1.165) is 24.7 Å². The van der Waals surface area contributed by atoms with Gasteiger partial charge in [0.1, 0.15) is 0 Å². The van der Waals surface area contributed by atoms with E-state index in [1.54, 1.807) is 0 Å². The van der Waals surface area contributed by atoms with E-state index in [4.69, 9.17) is 5.11 Å². The van der Waals surface area contributed by atoms with E-state index in [9.17, 15) is 4.79 Å².